The molecule has 3 nitrogen and oxygen atoms in total. The molecule has 0 aliphatic carbocycles. The summed E-state index contributed by atoms with van der Waals surface area (Å²) in [4.78, 5) is 4.40. The summed E-state index contributed by atoms with van der Waals surface area (Å²) in [6.45, 7) is 0. The van der Waals surface area contributed by atoms with Gasteiger partial charge in [-0.1, -0.05) is 48.5 Å². The van der Waals surface area contributed by atoms with Gasteiger partial charge in [0.25, 0.3) is 0 Å². The maximum atomic E-state index is 6.02. The van der Waals surface area contributed by atoms with E-state index in [-0.39, 0.29) is 0 Å². The third-order valence-electron chi connectivity index (χ3n) is 3.78. The summed E-state index contributed by atoms with van der Waals surface area (Å²) in [6, 6.07) is 27.7. The third-order valence-corrected chi connectivity index (χ3v) is 3.78. The molecule has 0 saturated carbocycles. The van der Waals surface area contributed by atoms with E-state index in [0.29, 0.717) is 0 Å². The summed E-state index contributed by atoms with van der Waals surface area (Å²) in [5.41, 5.74) is 2.88. The molecule has 4 aromatic rings. The van der Waals surface area contributed by atoms with E-state index in [2.05, 4.69) is 16.4 Å². The lowest BCUT2D eigenvalue weighted by atomic mass is 10.2. The molecular weight excluding hydrogens is 296 g/mol. The number of para-hydroxylation sites is 4. The van der Waals surface area contributed by atoms with E-state index in [1.807, 2.05) is 85.1 Å². The van der Waals surface area contributed by atoms with Crippen LogP contribution >= 0.6 is 0 Å². The van der Waals surface area contributed by atoms with Gasteiger partial charge in [-0.05, 0) is 36.4 Å². The van der Waals surface area contributed by atoms with Crippen molar-refractivity contribution in [3.05, 3.63) is 91.1 Å². The third kappa shape index (κ3) is 2.92. The summed E-state index contributed by atoms with van der Waals surface area (Å²) in [5, 5.41) is 4.55. The number of aromatic nitrogens is 1. The van der Waals surface area contributed by atoms with Crippen LogP contribution in [0.4, 0.5) is 11.4 Å². The molecule has 1 N–H and O–H groups in total. The Labute approximate surface area is 140 Å². The van der Waals surface area contributed by atoms with Gasteiger partial charge in [0.05, 0.1) is 11.2 Å². The lowest BCUT2D eigenvalue weighted by Crippen LogP contribution is -1.95. The molecule has 0 radical (unpaired) electrons. The van der Waals surface area contributed by atoms with E-state index in [4.69, 9.17) is 4.74 Å². The molecule has 0 saturated heterocycles. The van der Waals surface area contributed by atoms with Crippen LogP contribution in [-0.2, 0) is 0 Å². The monoisotopic (exact) mass is 312 g/mol. The van der Waals surface area contributed by atoms with Crippen molar-refractivity contribution in [2.45, 2.75) is 0 Å². The molecule has 3 aromatic carbocycles. The standard InChI is InChI=1S/C21H16N2O/c1-2-8-16(9-3-1)24-21-13-7-6-12-20(21)23-19-14-15-22-18-11-5-4-10-17(18)19/h1-15H,(H,22,23). The minimum Gasteiger partial charge on any atom is -0.455 e. The molecule has 0 fully saturated rings. The molecular formula is C21H16N2O. The van der Waals surface area contributed by atoms with Crippen molar-refractivity contribution in [2.24, 2.45) is 0 Å². The number of nitrogens with one attached hydrogen (secondary N) is 1. The number of hydrogen-bond acceptors (Lipinski definition) is 3. The maximum Gasteiger partial charge on any atom is 0.150 e. The lowest BCUT2D eigenvalue weighted by molar-refractivity contribution is 0.485. The minimum atomic E-state index is 0.782. The average Bonchev–Trinajstić information content (AvgIpc) is 2.64. The van der Waals surface area contributed by atoms with Crippen LogP contribution in [0.3, 0.4) is 0 Å². The number of hydrogen-bond donors (Lipinski definition) is 1. The molecule has 24 heavy (non-hydrogen) atoms. The number of fused-ring (bicyclic) bond motifs is 1. The number of ether oxygens (including phenoxy) is 1. The Balaban J connectivity index is 1.70. The van der Waals surface area contributed by atoms with Gasteiger partial charge in [-0.25, -0.2) is 0 Å². The van der Waals surface area contributed by atoms with Crippen LogP contribution in [0.25, 0.3) is 10.9 Å². The Morgan fingerprint density at radius 3 is 2.33 bits per heavy atom. The molecule has 0 bridgehead atoms. The van der Waals surface area contributed by atoms with Crippen LogP contribution < -0.4 is 10.1 Å². The largest absolute Gasteiger partial charge is 0.455 e. The quantitative estimate of drug-likeness (QED) is 0.519. The summed E-state index contributed by atoms with van der Waals surface area (Å²) >= 11 is 0. The van der Waals surface area contributed by atoms with Crippen LogP contribution in [0.2, 0.25) is 0 Å². The van der Waals surface area contributed by atoms with Gasteiger partial charge < -0.3 is 10.1 Å². The molecule has 0 atom stereocenters. The molecule has 1 heterocycles. The van der Waals surface area contributed by atoms with Crippen LogP contribution in [0.15, 0.2) is 91.1 Å². The molecule has 116 valence electrons. The highest BCUT2D eigenvalue weighted by Crippen LogP contribution is 2.33. The number of pyridine rings is 1. The van der Waals surface area contributed by atoms with Crippen LogP contribution in [0.5, 0.6) is 11.5 Å². The summed E-state index contributed by atoms with van der Waals surface area (Å²) in [7, 11) is 0. The molecule has 3 heteroatoms. The van der Waals surface area contributed by atoms with E-state index < -0.39 is 0 Å². The molecule has 0 aliphatic heterocycles. The second kappa shape index (κ2) is 6.42. The highest BCUT2D eigenvalue weighted by molar-refractivity contribution is 5.93. The Morgan fingerprint density at radius 1 is 0.667 bits per heavy atom. The first kappa shape index (κ1) is 14.3. The highest BCUT2D eigenvalue weighted by Gasteiger charge is 2.07. The van der Waals surface area contributed by atoms with E-state index in [0.717, 1.165) is 33.8 Å². The zero-order valence-electron chi connectivity index (χ0n) is 13.0. The van der Waals surface area contributed by atoms with E-state index in [1.165, 1.54) is 0 Å². The second-order valence-corrected chi connectivity index (χ2v) is 5.41. The second-order valence-electron chi connectivity index (χ2n) is 5.41. The molecule has 4 rings (SSSR count). The van der Waals surface area contributed by atoms with Gasteiger partial charge in [0, 0.05) is 17.3 Å². The van der Waals surface area contributed by atoms with Crippen molar-refractivity contribution in [3.8, 4) is 11.5 Å². The van der Waals surface area contributed by atoms with Crippen molar-refractivity contribution in [3.63, 3.8) is 0 Å². The Kier molecular flexibility index (Phi) is 3.82. The zero-order chi connectivity index (χ0) is 16.2. The summed E-state index contributed by atoms with van der Waals surface area (Å²) in [5.74, 6) is 1.59. The minimum absolute atomic E-state index is 0.782. The number of nitrogens with zero attached hydrogens (tertiary/aromatic N) is 1. The van der Waals surface area contributed by atoms with Crippen LogP contribution in [0.1, 0.15) is 0 Å². The smallest absolute Gasteiger partial charge is 0.150 e. The molecule has 1 aromatic heterocycles. The van der Waals surface area contributed by atoms with Gasteiger partial charge >= 0.3 is 0 Å². The Morgan fingerprint density at radius 2 is 1.42 bits per heavy atom. The first-order chi connectivity index (χ1) is 11.9. The van der Waals surface area contributed by atoms with Gasteiger partial charge in [-0.3, -0.25) is 4.98 Å². The van der Waals surface area contributed by atoms with E-state index in [1.54, 1.807) is 0 Å². The maximum absolute atomic E-state index is 6.02. The topological polar surface area (TPSA) is 34.1 Å². The zero-order valence-corrected chi connectivity index (χ0v) is 13.0. The van der Waals surface area contributed by atoms with Gasteiger partial charge in [0.2, 0.25) is 0 Å². The van der Waals surface area contributed by atoms with Crippen molar-refractivity contribution < 1.29 is 4.74 Å². The van der Waals surface area contributed by atoms with Crippen molar-refractivity contribution in [2.75, 3.05) is 5.32 Å². The Bertz CT molecular complexity index is 962. The van der Waals surface area contributed by atoms with Gasteiger partial charge in [0.1, 0.15) is 5.75 Å². The van der Waals surface area contributed by atoms with Gasteiger partial charge in [0.15, 0.2) is 5.75 Å². The number of benzene rings is 3. The van der Waals surface area contributed by atoms with Gasteiger partial charge in [-0.2, -0.15) is 0 Å². The fourth-order valence-electron chi connectivity index (χ4n) is 2.62. The van der Waals surface area contributed by atoms with E-state index >= 15 is 0 Å². The van der Waals surface area contributed by atoms with Crippen molar-refractivity contribution in [1.29, 1.82) is 0 Å². The number of anilines is 2. The first-order valence-corrected chi connectivity index (χ1v) is 7.83. The van der Waals surface area contributed by atoms with E-state index in [9.17, 15) is 0 Å². The molecule has 0 spiro atoms. The number of rotatable bonds is 4. The highest BCUT2D eigenvalue weighted by atomic mass is 16.5. The van der Waals surface area contributed by atoms with Gasteiger partial charge in [-0.15, -0.1) is 0 Å². The normalized spacial score (nSPS) is 10.5. The van der Waals surface area contributed by atoms with Crippen molar-refractivity contribution >= 4 is 22.3 Å². The van der Waals surface area contributed by atoms with Crippen LogP contribution in [-0.4, -0.2) is 4.98 Å². The summed E-state index contributed by atoms with van der Waals surface area (Å²) in [6.07, 6.45) is 1.81. The Hall–Kier alpha value is -3.33. The average molecular weight is 312 g/mol. The fourth-order valence-corrected chi connectivity index (χ4v) is 2.62. The molecule has 0 aliphatic rings. The fraction of sp³-hybridized carbons (Fsp3) is 0. The van der Waals surface area contributed by atoms with Crippen molar-refractivity contribution in [1.82, 2.24) is 4.98 Å². The lowest BCUT2D eigenvalue weighted by Gasteiger charge is -2.14. The molecule has 0 unspecified atom stereocenters. The predicted octanol–water partition coefficient (Wildman–Crippen LogP) is 5.77. The van der Waals surface area contributed by atoms with Crippen LogP contribution in [0, 0.1) is 0 Å². The SMILES string of the molecule is c1ccc(Oc2ccccc2Nc2ccnc3ccccc23)cc1. The first-order valence-electron chi connectivity index (χ1n) is 7.83. The summed E-state index contributed by atoms with van der Waals surface area (Å²) < 4.78 is 6.02. The predicted molar refractivity (Wildman–Crippen MR) is 98.0 cm³/mol. The molecule has 0 amide bonds.